The molecule has 0 aliphatic heterocycles. The molecule has 10 rings (SSSR count). The number of benzene rings is 5. The number of nitroso groups, excluding NO2 is 1. The van der Waals surface area contributed by atoms with Crippen molar-refractivity contribution in [2.75, 3.05) is 35.5 Å². The van der Waals surface area contributed by atoms with Gasteiger partial charge in [-0.2, -0.15) is 10.5 Å². The molecule has 0 saturated carbocycles. The Morgan fingerprint density at radius 1 is 0.487 bits per heavy atom. The van der Waals surface area contributed by atoms with Crippen molar-refractivity contribution < 1.29 is 73.0 Å². The molecule has 24 heteroatoms. The van der Waals surface area contributed by atoms with E-state index in [0.29, 0.717) is 38.8 Å². The summed E-state index contributed by atoms with van der Waals surface area (Å²) >= 11 is 5.90. The van der Waals surface area contributed by atoms with E-state index < -0.39 is 11.9 Å². The summed E-state index contributed by atoms with van der Waals surface area (Å²) in [6, 6.07) is 40.5. The van der Waals surface area contributed by atoms with Crippen molar-refractivity contribution >= 4 is 77.4 Å². The number of rotatable bonds is 10. The summed E-state index contributed by atoms with van der Waals surface area (Å²) < 4.78 is 25.4. The molecule has 404 valence electrons. The van der Waals surface area contributed by atoms with Gasteiger partial charge in [-0.25, -0.2) is 40.0 Å². The number of ether oxygens (including phenoxy) is 5. The van der Waals surface area contributed by atoms with E-state index >= 15 is 0 Å². The van der Waals surface area contributed by atoms with Gasteiger partial charge in [0.25, 0.3) is 0 Å². The zero-order valence-corrected chi connectivity index (χ0v) is 45.2. The quantitative estimate of drug-likeness (QED) is 0.0248. The minimum atomic E-state index is -1.02. The third kappa shape index (κ3) is 18.1. The largest absolute Gasteiger partial charge is 1.00 e. The van der Waals surface area contributed by atoms with Crippen LogP contribution in [0.1, 0.15) is 47.2 Å². The van der Waals surface area contributed by atoms with Gasteiger partial charge in [0.15, 0.2) is 11.4 Å². The number of carboxylic acids is 2. The maximum absolute atomic E-state index is 10.9. The number of aromatic nitrogens is 5. The number of aromatic carboxylic acids is 2. The van der Waals surface area contributed by atoms with Gasteiger partial charge in [-0.05, 0) is 148 Å². The number of nitrogens with one attached hydrogen (secondary N) is 2. The van der Waals surface area contributed by atoms with E-state index in [-0.39, 0.29) is 55.8 Å². The van der Waals surface area contributed by atoms with Crippen LogP contribution in [0.4, 0.5) is 0 Å². The third-order valence-corrected chi connectivity index (χ3v) is 10.9. The Bertz CT molecular complexity index is 3590. The standard InChI is InChI=1S/2C11H8N2O.2C11H9NO3.C10H8ClNO.2CH4.H2N5O.Na/c2*1-14-9-2-3-10-8(6-9)4-5-13-11(10)7-12;2*1-15-8-2-3-9-7(6-8)4-5-12-10(9)11(13)14;1-13-8-2-3-9-7(6-8)4-5-12-10(9)11;;;1-2-3-4-5-6;/h2*2-6H,1H3;2*2-6H,1H3,(H,13,14);2-6H,1H3;2*1H4;(H2-,1,2,3,4,5,6);/q;;;;;;;-1;+1. The summed E-state index contributed by atoms with van der Waals surface area (Å²) in [4.78, 5) is 50.3. The molecular formula is C56H52ClN12NaO10. The van der Waals surface area contributed by atoms with E-state index in [2.05, 4.69) is 47.6 Å². The van der Waals surface area contributed by atoms with Crippen LogP contribution in [0.2, 0.25) is 5.15 Å². The van der Waals surface area contributed by atoms with Crippen LogP contribution in [-0.4, -0.2) is 82.6 Å². The second-order valence-corrected chi connectivity index (χ2v) is 15.3. The molecule has 0 unspecified atom stereocenters. The number of halogens is 1. The second-order valence-electron chi connectivity index (χ2n) is 14.9. The van der Waals surface area contributed by atoms with E-state index in [9.17, 15) is 9.59 Å². The fourth-order valence-electron chi connectivity index (χ4n) is 6.94. The van der Waals surface area contributed by atoms with Crippen molar-refractivity contribution in [3.05, 3.63) is 191 Å². The summed E-state index contributed by atoms with van der Waals surface area (Å²) in [5, 5.41) is 48.8. The molecule has 0 bridgehead atoms. The van der Waals surface area contributed by atoms with Gasteiger partial charge in [0, 0.05) is 57.9 Å². The fraction of sp³-hybridized carbons (Fsp3) is 0.125. The molecule has 0 fully saturated rings. The average molecular weight is 1110 g/mol. The van der Waals surface area contributed by atoms with Crippen molar-refractivity contribution in [3.63, 3.8) is 0 Å². The molecule has 0 radical (unpaired) electrons. The minimum absolute atomic E-state index is 0. The first-order chi connectivity index (χ1) is 37.4. The fourth-order valence-corrected chi connectivity index (χ4v) is 7.17. The van der Waals surface area contributed by atoms with E-state index in [1.165, 1.54) is 12.4 Å². The Hall–Kier alpha value is -9.84. The Kier molecular flexibility index (Phi) is 28.2. The predicted octanol–water partition coefficient (Wildman–Crippen LogP) is 8.98. The van der Waals surface area contributed by atoms with Gasteiger partial charge in [0.1, 0.15) is 57.4 Å². The van der Waals surface area contributed by atoms with Crippen LogP contribution in [0.5, 0.6) is 28.7 Å². The van der Waals surface area contributed by atoms with Crippen LogP contribution in [0.3, 0.4) is 0 Å². The SMILES string of the molecule is C.C.COc1ccc2c(C#N)nccc2c1.COc1ccc2c(C#N)nccc2c1.COc1ccc2c(C(=O)O)nccc2c1.COc1ccc2c(C(=O)O)nccc2c1.COc1ccc2c(Cl)nccc2c1.[N-]=NNNN=O.[Na+]. The van der Waals surface area contributed by atoms with Crippen LogP contribution in [-0.2, 0) is 0 Å². The van der Waals surface area contributed by atoms with Crippen LogP contribution in [0.25, 0.3) is 59.4 Å². The molecule has 10 aromatic rings. The number of fused-ring (bicyclic) bond motifs is 5. The van der Waals surface area contributed by atoms with Gasteiger partial charge in [0.05, 0.1) is 40.8 Å². The van der Waals surface area contributed by atoms with E-state index in [0.717, 1.165) is 60.3 Å². The number of nitrogens with zero attached hydrogens (tertiary/aromatic N) is 10. The van der Waals surface area contributed by atoms with E-state index in [1.54, 1.807) is 114 Å². The number of carbonyl (C=O) groups is 2. The van der Waals surface area contributed by atoms with Crippen LogP contribution in [0, 0.1) is 27.6 Å². The monoisotopic (exact) mass is 1110 g/mol. The molecule has 22 nitrogen and oxygen atoms in total. The Balaban J connectivity index is 0.000000330. The summed E-state index contributed by atoms with van der Waals surface area (Å²) in [5.41, 5.74) is 11.7. The molecule has 5 aromatic carbocycles. The molecule has 4 N–H and O–H groups in total. The molecule has 80 heavy (non-hydrogen) atoms. The minimum Gasteiger partial charge on any atom is -0.497 e. The maximum atomic E-state index is 10.9. The number of methoxy groups -OCH3 is 5. The molecule has 0 amide bonds. The van der Waals surface area contributed by atoms with Gasteiger partial charge in [-0.3, -0.25) is 5.22 Å². The first-order valence-corrected chi connectivity index (χ1v) is 22.5. The Morgan fingerprint density at radius 2 is 0.775 bits per heavy atom. The Labute approximate surface area is 486 Å². The third-order valence-electron chi connectivity index (χ3n) is 10.6. The molecule has 0 saturated heterocycles. The topological polar surface area (TPSA) is 321 Å². The van der Waals surface area contributed by atoms with Gasteiger partial charge in [-0.1, -0.05) is 26.5 Å². The van der Waals surface area contributed by atoms with Crippen LogP contribution in [0.15, 0.2) is 163 Å². The summed E-state index contributed by atoms with van der Waals surface area (Å²) in [5.74, 6) is 1.75. The molecule has 5 heterocycles. The number of pyridine rings is 5. The molecule has 5 aromatic heterocycles. The summed E-state index contributed by atoms with van der Waals surface area (Å²) in [6.45, 7) is 0. The smallest absolute Gasteiger partial charge is 0.497 e. The van der Waals surface area contributed by atoms with Gasteiger partial charge in [-0.15, -0.1) is 4.91 Å². The van der Waals surface area contributed by atoms with E-state index in [4.69, 9.17) is 66.5 Å². The maximum Gasteiger partial charge on any atom is 1.00 e. The normalized spacial score (nSPS) is 9.35. The molecule has 0 atom stereocenters. The van der Waals surface area contributed by atoms with E-state index in [1.807, 2.05) is 72.8 Å². The number of carboxylic acid groups (broad SMARTS) is 2. The zero-order valence-electron chi connectivity index (χ0n) is 42.4. The Morgan fingerprint density at radius 3 is 1.06 bits per heavy atom. The van der Waals surface area contributed by atoms with Crippen molar-refractivity contribution in [2.45, 2.75) is 14.9 Å². The van der Waals surface area contributed by atoms with Crippen LogP contribution < -0.4 is 64.3 Å². The van der Waals surface area contributed by atoms with Gasteiger partial charge >= 0.3 is 41.5 Å². The summed E-state index contributed by atoms with van der Waals surface area (Å²) in [6.07, 6.45) is 7.89. The van der Waals surface area contributed by atoms with Crippen LogP contribution >= 0.6 is 11.6 Å². The molecule has 0 aliphatic carbocycles. The van der Waals surface area contributed by atoms with Gasteiger partial charge in [0.2, 0.25) is 0 Å². The summed E-state index contributed by atoms with van der Waals surface area (Å²) in [7, 11) is 8.02. The first kappa shape index (κ1) is 66.3. The zero-order chi connectivity index (χ0) is 55.7. The average Bonchev–Trinajstić information content (AvgIpc) is 3.47. The predicted molar refractivity (Wildman–Crippen MR) is 301 cm³/mol. The van der Waals surface area contributed by atoms with Crippen molar-refractivity contribution in [2.24, 2.45) is 10.5 Å². The number of nitriles is 2. The van der Waals surface area contributed by atoms with Crippen molar-refractivity contribution in [3.8, 4) is 40.9 Å². The number of hydrogen-bond donors (Lipinski definition) is 4. The first-order valence-electron chi connectivity index (χ1n) is 22.1. The molecular weight excluding hydrogens is 1060 g/mol. The second kappa shape index (κ2) is 34.0. The number of hydrazine groups is 1. The van der Waals surface area contributed by atoms with Crippen molar-refractivity contribution in [1.29, 1.82) is 10.5 Å². The molecule has 0 aliphatic rings. The molecule has 0 spiro atoms. The van der Waals surface area contributed by atoms with Crippen molar-refractivity contribution in [1.82, 2.24) is 36.0 Å². The number of hydrogen-bond acceptors (Lipinski definition) is 17. The van der Waals surface area contributed by atoms with Gasteiger partial charge < -0.3 is 45.0 Å².